The first-order valence-electron chi connectivity index (χ1n) is 13.0. The van der Waals surface area contributed by atoms with Crippen LogP contribution in [0, 0.1) is 20.8 Å². The minimum atomic E-state index is -1.24. The fraction of sp³-hybridized carbons (Fsp3) is 0.333. The molecule has 3 heterocycles. The minimum absolute atomic E-state index is 0.226. The first-order valence-corrected chi connectivity index (χ1v) is 13.0. The van der Waals surface area contributed by atoms with Crippen molar-refractivity contribution >= 4 is 39.7 Å². The van der Waals surface area contributed by atoms with Gasteiger partial charge in [-0.1, -0.05) is 30.3 Å². The number of carboxylic acids is 1. The number of carbonyl (C=O) groups is 3. The zero-order chi connectivity index (χ0) is 27.8. The Balaban J connectivity index is 1.42. The lowest BCUT2D eigenvalue weighted by molar-refractivity contribution is -0.145. The lowest BCUT2D eigenvalue weighted by atomic mass is 9.97. The van der Waals surface area contributed by atoms with E-state index >= 15 is 0 Å². The van der Waals surface area contributed by atoms with E-state index < -0.39 is 29.6 Å². The number of nitrogens with zero attached hydrogens (tertiary/aromatic N) is 1. The van der Waals surface area contributed by atoms with Gasteiger partial charge in [0, 0.05) is 23.4 Å². The maximum Gasteiger partial charge on any atom is 0.340 e. The number of likely N-dealkylation sites (tertiary alicyclic amines) is 1. The van der Waals surface area contributed by atoms with Crippen LogP contribution in [0.1, 0.15) is 53.3 Å². The van der Waals surface area contributed by atoms with Gasteiger partial charge in [0.2, 0.25) is 11.8 Å². The molecule has 1 fully saturated rings. The first kappa shape index (κ1) is 26.2. The monoisotopic (exact) mass is 530 g/mol. The topological polar surface area (TPSA) is 130 Å². The van der Waals surface area contributed by atoms with E-state index in [9.17, 15) is 24.3 Å². The molecule has 2 amide bonds. The van der Waals surface area contributed by atoms with Crippen molar-refractivity contribution in [2.75, 3.05) is 6.54 Å². The summed E-state index contributed by atoms with van der Waals surface area (Å²) < 4.78 is 11.4. The number of benzene rings is 2. The SMILES string of the molecule is Cc1oc2cc3oc(=O)c(CC(=O)N4CCCCC4C(=O)NC(C(=O)O)c4ccccc4)c(C)c3cc2c1C. The van der Waals surface area contributed by atoms with Gasteiger partial charge in [-0.2, -0.15) is 0 Å². The minimum Gasteiger partial charge on any atom is -0.479 e. The molecule has 9 nitrogen and oxygen atoms in total. The number of fused-ring (bicyclic) bond motifs is 2. The van der Waals surface area contributed by atoms with E-state index in [1.54, 1.807) is 43.3 Å². The van der Waals surface area contributed by atoms with Gasteiger partial charge in [0.15, 0.2) is 6.04 Å². The van der Waals surface area contributed by atoms with E-state index in [1.807, 2.05) is 19.9 Å². The lowest BCUT2D eigenvalue weighted by Gasteiger charge is -2.35. The number of aryl methyl sites for hydroxylation is 3. The van der Waals surface area contributed by atoms with Crippen molar-refractivity contribution in [3.63, 3.8) is 0 Å². The summed E-state index contributed by atoms with van der Waals surface area (Å²) in [6, 6.07) is 9.96. The Bertz CT molecular complexity index is 1650. The molecule has 39 heavy (non-hydrogen) atoms. The zero-order valence-electron chi connectivity index (χ0n) is 22.1. The van der Waals surface area contributed by atoms with Crippen LogP contribution in [0.5, 0.6) is 0 Å². The van der Waals surface area contributed by atoms with E-state index in [0.29, 0.717) is 47.1 Å². The molecule has 2 aromatic heterocycles. The van der Waals surface area contributed by atoms with Crippen molar-refractivity contribution in [3.05, 3.63) is 80.9 Å². The predicted octanol–water partition coefficient (Wildman–Crippen LogP) is 4.33. The summed E-state index contributed by atoms with van der Waals surface area (Å²) in [5.74, 6) is -1.32. The third-order valence-electron chi connectivity index (χ3n) is 7.70. The van der Waals surface area contributed by atoms with Gasteiger partial charge in [-0.25, -0.2) is 9.59 Å². The van der Waals surface area contributed by atoms with Gasteiger partial charge in [0.1, 0.15) is 23.0 Å². The first-order chi connectivity index (χ1) is 18.7. The molecular formula is C30H30N2O7. The van der Waals surface area contributed by atoms with E-state index in [-0.39, 0.29) is 17.9 Å². The Hall–Kier alpha value is -4.40. The molecule has 0 saturated carbocycles. The lowest BCUT2D eigenvalue weighted by Crippen LogP contribution is -2.53. The molecule has 0 radical (unpaired) electrons. The molecule has 2 unspecified atom stereocenters. The number of aliphatic carboxylic acids is 1. The average molecular weight is 531 g/mol. The van der Waals surface area contributed by atoms with Gasteiger partial charge in [0.25, 0.3) is 0 Å². The van der Waals surface area contributed by atoms with E-state index in [2.05, 4.69) is 5.32 Å². The molecule has 202 valence electrons. The van der Waals surface area contributed by atoms with Gasteiger partial charge >= 0.3 is 11.6 Å². The number of rotatable bonds is 6. The van der Waals surface area contributed by atoms with Crippen molar-refractivity contribution in [2.24, 2.45) is 0 Å². The Kier molecular flexibility index (Phi) is 6.99. The Morgan fingerprint density at radius 1 is 1.00 bits per heavy atom. The van der Waals surface area contributed by atoms with Gasteiger partial charge < -0.3 is 24.2 Å². The molecule has 4 aromatic rings. The molecular weight excluding hydrogens is 500 g/mol. The standard InChI is InChI=1S/C30H30N2O7/c1-16-18(3)38-24-15-25-21(13-20(16)24)17(2)22(30(37)39-25)14-26(33)32-12-8-7-11-23(32)28(34)31-27(29(35)36)19-9-5-4-6-10-19/h4-6,9-10,13,15,23,27H,7-8,11-12,14H2,1-3H3,(H,31,34)(H,35,36). The summed E-state index contributed by atoms with van der Waals surface area (Å²) in [7, 11) is 0. The van der Waals surface area contributed by atoms with Crippen LogP contribution in [0.15, 0.2) is 56.1 Å². The molecule has 1 saturated heterocycles. The van der Waals surface area contributed by atoms with Gasteiger partial charge in [-0.3, -0.25) is 9.59 Å². The Morgan fingerprint density at radius 2 is 1.69 bits per heavy atom. The summed E-state index contributed by atoms with van der Waals surface area (Å²) >= 11 is 0. The van der Waals surface area contributed by atoms with Crippen LogP contribution in [0.4, 0.5) is 0 Å². The smallest absolute Gasteiger partial charge is 0.340 e. The molecule has 0 bridgehead atoms. The summed E-state index contributed by atoms with van der Waals surface area (Å²) in [6.07, 6.45) is 1.61. The van der Waals surface area contributed by atoms with Crippen molar-refractivity contribution in [2.45, 2.75) is 58.5 Å². The van der Waals surface area contributed by atoms with Crippen LogP contribution in [0.2, 0.25) is 0 Å². The highest BCUT2D eigenvalue weighted by molar-refractivity contribution is 5.97. The van der Waals surface area contributed by atoms with Crippen LogP contribution in [-0.2, 0) is 20.8 Å². The summed E-state index contributed by atoms with van der Waals surface area (Å²) in [4.78, 5) is 53.1. The van der Waals surface area contributed by atoms with Crippen molar-refractivity contribution in [1.29, 1.82) is 0 Å². The summed E-state index contributed by atoms with van der Waals surface area (Å²) in [5.41, 5.74) is 2.71. The number of carbonyl (C=O) groups excluding carboxylic acids is 2. The summed E-state index contributed by atoms with van der Waals surface area (Å²) in [5, 5.41) is 14.0. The highest BCUT2D eigenvalue weighted by atomic mass is 16.4. The van der Waals surface area contributed by atoms with E-state index in [1.165, 1.54) is 4.90 Å². The van der Waals surface area contributed by atoms with Crippen molar-refractivity contribution in [1.82, 2.24) is 10.2 Å². The molecule has 0 spiro atoms. The maximum atomic E-state index is 13.5. The number of hydrogen-bond donors (Lipinski definition) is 2. The Labute approximate surface area is 224 Å². The second-order valence-electron chi connectivity index (χ2n) is 10.1. The van der Waals surface area contributed by atoms with Crippen LogP contribution in [0.25, 0.3) is 21.9 Å². The van der Waals surface area contributed by atoms with E-state index in [0.717, 1.165) is 23.1 Å². The third-order valence-corrected chi connectivity index (χ3v) is 7.70. The molecule has 1 aliphatic rings. The van der Waals surface area contributed by atoms with Crippen LogP contribution >= 0.6 is 0 Å². The van der Waals surface area contributed by atoms with Crippen LogP contribution in [-0.4, -0.2) is 40.4 Å². The predicted molar refractivity (Wildman–Crippen MR) is 144 cm³/mol. The van der Waals surface area contributed by atoms with E-state index in [4.69, 9.17) is 8.83 Å². The highest BCUT2D eigenvalue weighted by Gasteiger charge is 2.35. The molecule has 2 aromatic carbocycles. The molecule has 2 N–H and O–H groups in total. The second kappa shape index (κ2) is 10.4. The number of nitrogens with one attached hydrogen (secondary N) is 1. The molecule has 2 atom stereocenters. The van der Waals surface area contributed by atoms with Crippen molar-refractivity contribution < 1.29 is 28.3 Å². The van der Waals surface area contributed by atoms with Crippen LogP contribution < -0.4 is 10.9 Å². The number of furan rings is 1. The number of hydrogen-bond acceptors (Lipinski definition) is 6. The molecule has 9 heteroatoms. The molecule has 0 aliphatic carbocycles. The fourth-order valence-electron chi connectivity index (χ4n) is 5.36. The normalized spacial score (nSPS) is 16.4. The maximum absolute atomic E-state index is 13.5. The third kappa shape index (κ3) is 4.92. The second-order valence-corrected chi connectivity index (χ2v) is 10.1. The average Bonchev–Trinajstić information content (AvgIpc) is 3.20. The van der Waals surface area contributed by atoms with Gasteiger partial charge in [-0.15, -0.1) is 0 Å². The van der Waals surface area contributed by atoms with Gasteiger partial charge in [0.05, 0.1) is 12.0 Å². The van der Waals surface area contributed by atoms with Crippen LogP contribution in [0.3, 0.4) is 0 Å². The van der Waals surface area contributed by atoms with Crippen molar-refractivity contribution in [3.8, 4) is 0 Å². The number of carboxylic acid groups (broad SMARTS) is 1. The zero-order valence-corrected chi connectivity index (χ0v) is 22.1. The number of amides is 2. The quantitative estimate of drug-likeness (QED) is 0.355. The van der Waals surface area contributed by atoms with Gasteiger partial charge in [-0.05, 0) is 62.8 Å². The molecule has 1 aliphatic heterocycles. The Morgan fingerprint density at radius 3 is 2.41 bits per heavy atom. The molecule has 5 rings (SSSR count). The summed E-state index contributed by atoms with van der Waals surface area (Å²) in [6.45, 7) is 5.96. The number of piperidine rings is 1. The highest BCUT2D eigenvalue weighted by Crippen LogP contribution is 2.31. The fourth-order valence-corrected chi connectivity index (χ4v) is 5.36. The largest absolute Gasteiger partial charge is 0.479 e.